The summed E-state index contributed by atoms with van der Waals surface area (Å²) in [6, 6.07) is 0. The fourth-order valence-corrected chi connectivity index (χ4v) is 0.729. The Morgan fingerprint density at radius 1 is 1.57 bits per heavy atom. The van der Waals surface area contributed by atoms with Gasteiger partial charge in [0.1, 0.15) is 18.6 Å². The average molecular weight is 219 g/mol. The van der Waals surface area contributed by atoms with Gasteiger partial charge in [-0.1, -0.05) is 12.7 Å². The van der Waals surface area contributed by atoms with E-state index in [2.05, 4.69) is 6.58 Å². The smallest absolute Gasteiger partial charge is 0.333 e. The quantitative estimate of drug-likeness (QED) is 0.297. The van der Waals surface area contributed by atoms with Gasteiger partial charge in [0, 0.05) is 5.57 Å². The molecule has 4 heteroatoms. The lowest BCUT2D eigenvalue weighted by Gasteiger charge is -2.09. The lowest BCUT2D eigenvalue weighted by atomic mass is 10.4. The van der Waals surface area contributed by atoms with E-state index in [0.29, 0.717) is 12.2 Å². The van der Waals surface area contributed by atoms with Crippen molar-refractivity contribution in [3.63, 3.8) is 0 Å². The van der Waals surface area contributed by atoms with Gasteiger partial charge in [-0.2, -0.15) is 0 Å². The first-order chi connectivity index (χ1) is 6.57. The number of hydrogen-bond donors (Lipinski definition) is 0. The Morgan fingerprint density at radius 3 is 2.71 bits per heavy atom. The molecule has 0 N–H and O–H groups in total. The Balaban J connectivity index is 3.58. The van der Waals surface area contributed by atoms with Gasteiger partial charge in [-0.25, -0.2) is 4.79 Å². The summed E-state index contributed by atoms with van der Waals surface area (Å²) in [6.07, 6.45) is 3.29. The van der Waals surface area contributed by atoms with Crippen LogP contribution in [0.4, 0.5) is 0 Å². The van der Waals surface area contributed by atoms with E-state index in [4.69, 9.17) is 21.1 Å². The number of halogens is 1. The van der Waals surface area contributed by atoms with Crippen molar-refractivity contribution in [1.82, 2.24) is 0 Å². The van der Waals surface area contributed by atoms with Gasteiger partial charge in [0.15, 0.2) is 0 Å². The zero-order chi connectivity index (χ0) is 11.0. The third kappa shape index (κ3) is 6.54. The number of rotatable bonds is 6. The molecule has 0 rings (SSSR count). The number of allylic oxidation sites excluding steroid dienone is 1. The molecule has 0 aromatic rings. The molecule has 0 aromatic carbocycles. The van der Waals surface area contributed by atoms with E-state index in [0.717, 1.165) is 0 Å². The maximum Gasteiger partial charge on any atom is 0.333 e. The van der Waals surface area contributed by atoms with Gasteiger partial charge in [0.2, 0.25) is 0 Å². The molecule has 0 heterocycles. The highest BCUT2D eigenvalue weighted by molar-refractivity contribution is 6.20. The van der Waals surface area contributed by atoms with Crippen LogP contribution in [0, 0.1) is 0 Å². The summed E-state index contributed by atoms with van der Waals surface area (Å²) in [6.45, 7) is 7.32. The van der Waals surface area contributed by atoms with Crippen LogP contribution in [-0.4, -0.2) is 24.6 Å². The summed E-state index contributed by atoms with van der Waals surface area (Å²) < 4.78 is 9.83. The van der Waals surface area contributed by atoms with Gasteiger partial charge in [-0.15, -0.1) is 11.6 Å². The molecule has 3 nitrogen and oxygen atoms in total. The predicted molar refractivity (Wildman–Crippen MR) is 56.2 cm³/mol. The maximum atomic E-state index is 10.9. The van der Waals surface area contributed by atoms with Crippen molar-refractivity contribution in [1.29, 1.82) is 0 Å². The normalized spacial score (nSPS) is 12.5. The Kier molecular flexibility index (Phi) is 6.93. The third-order valence-electron chi connectivity index (χ3n) is 1.25. The second kappa shape index (κ2) is 7.44. The topological polar surface area (TPSA) is 35.5 Å². The van der Waals surface area contributed by atoms with E-state index < -0.39 is 5.97 Å². The van der Waals surface area contributed by atoms with Gasteiger partial charge >= 0.3 is 5.97 Å². The molecule has 0 aliphatic rings. The average Bonchev–Trinajstić information content (AvgIpc) is 2.14. The van der Waals surface area contributed by atoms with Crippen molar-refractivity contribution in [2.45, 2.75) is 19.2 Å². The van der Waals surface area contributed by atoms with Crippen LogP contribution in [0.2, 0.25) is 0 Å². The van der Waals surface area contributed by atoms with Crippen molar-refractivity contribution < 1.29 is 14.3 Å². The molecule has 0 aromatic heterocycles. The summed E-state index contributed by atoms with van der Waals surface area (Å²) in [5, 5.41) is -0.338. The van der Waals surface area contributed by atoms with Crippen molar-refractivity contribution in [3.05, 3.63) is 24.5 Å². The highest BCUT2D eigenvalue weighted by Gasteiger charge is 2.09. The van der Waals surface area contributed by atoms with Gasteiger partial charge in [-0.05, 0) is 13.8 Å². The summed E-state index contributed by atoms with van der Waals surface area (Å²) in [5.41, 5.74) is 0.364. The second-order valence-electron chi connectivity index (χ2n) is 2.78. The minimum Gasteiger partial charge on any atom is -0.500 e. The standard InChI is InChI=1S/C10H15ClO3/c1-4-5-13-6-9(11)7-14-10(12)8(2)3/h4-5,9H,2,6-7H2,1,3H3/b5-4+. The van der Waals surface area contributed by atoms with E-state index >= 15 is 0 Å². The van der Waals surface area contributed by atoms with Crippen molar-refractivity contribution >= 4 is 17.6 Å². The Labute approximate surface area is 89.3 Å². The van der Waals surface area contributed by atoms with Crippen LogP contribution in [0.3, 0.4) is 0 Å². The van der Waals surface area contributed by atoms with E-state index in [-0.39, 0.29) is 12.0 Å². The van der Waals surface area contributed by atoms with Crippen molar-refractivity contribution in [3.8, 4) is 0 Å². The molecule has 0 fully saturated rings. The molecule has 0 radical (unpaired) electrons. The Bertz CT molecular complexity index is 223. The number of alkyl halides is 1. The predicted octanol–water partition coefficient (Wildman–Crippen LogP) is 2.26. The van der Waals surface area contributed by atoms with Gasteiger partial charge in [-0.3, -0.25) is 0 Å². The maximum absolute atomic E-state index is 10.9. The van der Waals surface area contributed by atoms with E-state index in [1.807, 2.05) is 6.92 Å². The zero-order valence-corrected chi connectivity index (χ0v) is 9.21. The Hall–Kier alpha value is -0.960. The highest BCUT2D eigenvalue weighted by atomic mass is 35.5. The highest BCUT2D eigenvalue weighted by Crippen LogP contribution is 2.00. The molecule has 0 saturated heterocycles. The molecule has 0 aliphatic carbocycles. The molecule has 1 atom stereocenters. The van der Waals surface area contributed by atoms with Crippen LogP contribution in [0.25, 0.3) is 0 Å². The second-order valence-corrected chi connectivity index (χ2v) is 3.40. The largest absolute Gasteiger partial charge is 0.500 e. The minimum absolute atomic E-state index is 0.130. The molecule has 0 amide bonds. The molecule has 0 aliphatic heterocycles. The number of carbonyl (C=O) groups excluding carboxylic acids is 1. The molecule has 80 valence electrons. The summed E-state index contributed by atoms with van der Waals surface area (Å²) in [7, 11) is 0. The third-order valence-corrected chi connectivity index (χ3v) is 1.51. The minimum atomic E-state index is -0.429. The van der Waals surface area contributed by atoms with Gasteiger partial charge < -0.3 is 9.47 Å². The fourth-order valence-electron chi connectivity index (χ4n) is 0.594. The van der Waals surface area contributed by atoms with Crippen LogP contribution in [0.1, 0.15) is 13.8 Å². The first kappa shape index (κ1) is 13.0. The fraction of sp³-hybridized carbons (Fsp3) is 0.500. The molecule has 0 saturated carbocycles. The first-order valence-electron chi connectivity index (χ1n) is 4.27. The van der Waals surface area contributed by atoms with Crippen molar-refractivity contribution in [2.75, 3.05) is 13.2 Å². The summed E-state index contributed by atoms with van der Waals surface area (Å²) in [5.74, 6) is -0.429. The molecular weight excluding hydrogens is 204 g/mol. The van der Waals surface area contributed by atoms with Gasteiger partial charge in [0.25, 0.3) is 0 Å². The monoisotopic (exact) mass is 218 g/mol. The van der Waals surface area contributed by atoms with E-state index in [9.17, 15) is 4.79 Å². The molecular formula is C10H15ClO3. The van der Waals surface area contributed by atoms with Crippen LogP contribution < -0.4 is 0 Å². The molecule has 1 unspecified atom stereocenters. The van der Waals surface area contributed by atoms with E-state index in [1.54, 1.807) is 13.0 Å². The molecule has 14 heavy (non-hydrogen) atoms. The zero-order valence-electron chi connectivity index (χ0n) is 8.46. The van der Waals surface area contributed by atoms with Crippen LogP contribution in [0.5, 0.6) is 0 Å². The van der Waals surface area contributed by atoms with Crippen LogP contribution in [-0.2, 0) is 14.3 Å². The number of esters is 1. The van der Waals surface area contributed by atoms with Crippen LogP contribution >= 0.6 is 11.6 Å². The van der Waals surface area contributed by atoms with Crippen LogP contribution in [0.15, 0.2) is 24.5 Å². The van der Waals surface area contributed by atoms with Gasteiger partial charge in [0.05, 0.1) is 6.26 Å². The Morgan fingerprint density at radius 2 is 2.21 bits per heavy atom. The number of carbonyl (C=O) groups is 1. The van der Waals surface area contributed by atoms with E-state index in [1.165, 1.54) is 6.26 Å². The number of hydrogen-bond acceptors (Lipinski definition) is 3. The number of ether oxygens (including phenoxy) is 2. The van der Waals surface area contributed by atoms with Crippen molar-refractivity contribution in [2.24, 2.45) is 0 Å². The summed E-state index contributed by atoms with van der Waals surface area (Å²) >= 11 is 5.80. The SMILES string of the molecule is C=C(C)C(=O)OCC(Cl)CO/C=C/C. The molecule has 0 bridgehead atoms. The molecule has 0 spiro atoms. The summed E-state index contributed by atoms with van der Waals surface area (Å²) in [4.78, 5) is 10.9. The lowest BCUT2D eigenvalue weighted by molar-refractivity contribution is -0.139. The lowest BCUT2D eigenvalue weighted by Crippen LogP contribution is -2.18. The first-order valence-corrected chi connectivity index (χ1v) is 4.71.